The highest BCUT2D eigenvalue weighted by Gasteiger charge is 2.12. The molecular weight excluding hydrogens is 260 g/mol. The lowest BCUT2D eigenvalue weighted by Crippen LogP contribution is -2.32. The number of carbonyl (C=O) groups is 1. The zero-order valence-corrected chi connectivity index (χ0v) is 14.0. The Morgan fingerprint density at radius 3 is 2.48 bits per heavy atom. The molecule has 0 unspecified atom stereocenters. The highest BCUT2D eigenvalue weighted by molar-refractivity contribution is 5.76. The molecule has 0 radical (unpaired) electrons. The summed E-state index contributed by atoms with van der Waals surface area (Å²) in [4.78, 5) is 14.3. The molecule has 1 N–H and O–H groups in total. The Morgan fingerprint density at radius 1 is 1.24 bits per heavy atom. The first-order chi connectivity index (χ1) is 10.0. The number of aryl methyl sites for hydroxylation is 1. The number of rotatable bonds is 9. The average molecular weight is 290 g/mol. The fourth-order valence-electron chi connectivity index (χ4n) is 2.26. The Bertz CT molecular complexity index is 412. The summed E-state index contributed by atoms with van der Waals surface area (Å²) in [6, 6.07) is 8.93. The van der Waals surface area contributed by atoms with Crippen LogP contribution in [0.4, 0.5) is 0 Å². The van der Waals surface area contributed by atoms with E-state index in [1.165, 1.54) is 11.1 Å². The monoisotopic (exact) mass is 290 g/mol. The summed E-state index contributed by atoms with van der Waals surface area (Å²) in [5.41, 5.74) is 2.47. The maximum absolute atomic E-state index is 12.3. The van der Waals surface area contributed by atoms with Crippen molar-refractivity contribution in [2.75, 3.05) is 13.1 Å². The van der Waals surface area contributed by atoms with Crippen LogP contribution in [0.2, 0.25) is 0 Å². The van der Waals surface area contributed by atoms with Gasteiger partial charge in [0.25, 0.3) is 0 Å². The predicted octanol–water partition coefficient (Wildman–Crippen LogP) is 3.51. The van der Waals surface area contributed by atoms with Crippen LogP contribution in [0.25, 0.3) is 0 Å². The molecule has 1 amide bonds. The second-order valence-corrected chi connectivity index (χ2v) is 6.01. The van der Waals surface area contributed by atoms with Crippen molar-refractivity contribution in [3.63, 3.8) is 0 Å². The largest absolute Gasteiger partial charge is 0.338 e. The van der Waals surface area contributed by atoms with Gasteiger partial charge in [0.15, 0.2) is 0 Å². The van der Waals surface area contributed by atoms with Gasteiger partial charge in [-0.15, -0.1) is 0 Å². The Balaban J connectivity index is 2.47. The van der Waals surface area contributed by atoms with E-state index in [-0.39, 0.29) is 5.91 Å². The minimum atomic E-state index is 0.267. The average Bonchev–Trinajstić information content (AvgIpc) is 2.45. The Kier molecular flexibility index (Phi) is 8.06. The molecule has 1 rings (SSSR count). The molecule has 0 aliphatic heterocycles. The highest BCUT2D eigenvalue weighted by atomic mass is 16.2. The Labute approximate surface area is 129 Å². The first-order valence-corrected chi connectivity index (χ1v) is 8.09. The lowest BCUT2D eigenvalue weighted by molar-refractivity contribution is -0.132. The molecule has 0 heterocycles. The van der Waals surface area contributed by atoms with E-state index >= 15 is 0 Å². The van der Waals surface area contributed by atoms with Crippen molar-refractivity contribution >= 4 is 5.91 Å². The van der Waals surface area contributed by atoms with Crippen molar-refractivity contribution in [3.05, 3.63) is 35.4 Å². The minimum Gasteiger partial charge on any atom is -0.338 e. The van der Waals surface area contributed by atoms with Gasteiger partial charge in [-0.05, 0) is 31.9 Å². The molecule has 0 saturated heterocycles. The maximum Gasteiger partial charge on any atom is 0.222 e. The fourth-order valence-corrected chi connectivity index (χ4v) is 2.26. The van der Waals surface area contributed by atoms with E-state index in [0.29, 0.717) is 12.5 Å². The topological polar surface area (TPSA) is 32.3 Å². The third-order valence-electron chi connectivity index (χ3n) is 3.46. The molecule has 0 atom stereocenters. The van der Waals surface area contributed by atoms with Crippen molar-refractivity contribution in [3.8, 4) is 0 Å². The molecular formula is C18H30N2O. The highest BCUT2D eigenvalue weighted by Crippen LogP contribution is 2.09. The van der Waals surface area contributed by atoms with Crippen LogP contribution in [0, 0.1) is 6.92 Å². The summed E-state index contributed by atoms with van der Waals surface area (Å²) in [5, 5.41) is 3.36. The summed E-state index contributed by atoms with van der Waals surface area (Å²) in [6.07, 6.45) is 2.54. The van der Waals surface area contributed by atoms with Crippen LogP contribution in [0.1, 0.15) is 51.2 Å². The number of hydrogen-bond acceptors (Lipinski definition) is 2. The summed E-state index contributed by atoms with van der Waals surface area (Å²) in [7, 11) is 0. The van der Waals surface area contributed by atoms with Crippen molar-refractivity contribution in [1.29, 1.82) is 0 Å². The van der Waals surface area contributed by atoms with Crippen molar-refractivity contribution in [2.24, 2.45) is 0 Å². The third kappa shape index (κ3) is 7.28. The molecule has 0 bridgehead atoms. The molecule has 118 valence electrons. The first-order valence-electron chi connectivity index (χ1n) is 8.09. The minimum absolute atomic E-state index is 0.267. The predicted molar refractivity (Wildman–Crippen MR) is 89.3 cm³/mol. The summed E-state index contributed by atoms with van der Waals surface area (Å²) in [6.45, 7) is 10.9. The smallest absolute Gasteiger partial charge is 0.222 e. The van der Waals surface area contributed by atoms with Gasteiger partial charge in [0.1, 0.15) is 0 Å². The van der Waals surface area contributed by atoms with Crippen LogP contribution < -0.4 is 5.32 Å². The van der Waals surface area contributed by atoms with Gasteiger partial charge in [0.05, 0.1) is 0 Å². The zero-order chi connectivity index (χ0) is 15.7. The fraction of sp³-hybridized carbons (Fsp3) is 0.611. The molecule has 1 aromatic carbocycles. The van der Waals surface area contributed by atoms with Crippen molar-refractivity contribution in [1.82, 2.24) is 10.2 Å². The number of hydrogen-bond donors (Lipinski definition) is 1. The van der Waals surface area contributed by atoms with Crippen LogP contribution in [0.3, 0.4) is 0 Å². The van der Waals surface area contributed by atoms with E-state index < -0.39 is 0 Å². The molecule has 3 heteroatoms. The molecule has 21 heavy (non-hydrogen) atoms. The number of benzene rings is 1. The SMILES string of the molecule is CCCN(Cc1ccc(C)cc1)C(=O)CCCNC(C)C. The molecule has 0 aromatic heterocycles. The second kappa shape index (κ2) is 9.56. The van der Waals surface area contributed by atoms with Gasteiger partial charge in [-0.3, -0.25) is 4.79 Å². The number of nitrogens with zero attached hydrogens (tertiary/aromatic N) is 1. The van der Waals surface area contributed by atoms with Crippen LogP contribution in [0.5, 0.6) is 0 Å². The van der Waals surface area contributed by atoms with Crippen LogP contribution >= 0.6 is 0 Å². The number of carbonyl (C=O) groups excluding carboxylic acids is 1. The van der Waals surface area contributed by atoms with Gasteiger partial charge in [0.2, 0.25) is 5.91 Å². The van der Waals surface area contributed by atoms with Gasteiger partial charge < -0.3 is 10.2 Å². The van der Waals surface area contributed by atoms with E-state index in [9.17, 15) is 4.79 Å². The van der Waals surface area contributed by atoms with E-state index in [1.807, 2.05) is 4.90 Å². The van der Waals surface area contributed by atoms with E-state index in [0.717, 1.165) is 32.5 Å². The van der Waals surface area contributed by atoms with E-state index in [2.05, 4.69) is 57.3 Å². The number of amides is 1. The van der Waals surface area contributed by atoms with Crippen LogP contribution in [-0.4, -0.2) is 29.9 Å². The molecule has 3 nitrogen and oxygen atoms in total. The normalized spacial score (nSPS) is 10.9. The van der Waals surface area contributed by atoms with Crippen LogP contribution in [-0.2, 0) is 11.3 Å². The first kappa shape index (κ1) is 17.7. The summed E-state index contributed by atoms with van der Waals surface area (Å²) < 4.78 is 0. The summed E-state index contributed by atoms with van der Waals surface area (Å²) in [5.74, 6) is 0.267. The lowest BCUT2D eigenvalue weighted by Gasteiger charge is -2.22. The zero-order valence-electron chi connectivity index (χ0n) is 14.0. The Morgan fingerprint density at radius 2 is 1.90 bits per heavy atom. The van der Waals surface area contributed by atoms with Crippen molar-refractivity contribution < 1.29 is 4.79 Å². The molecule has 1 aromatic rings. The molecule has 0 saturated carbocycles. The summed E-state index contributed by atoms with van der Waals surface area (Å²) >= 11 is 0. The molecule has 0 spiro atoms. The van der Waals surface area contributed by atoms with Gasteiger partial charge >= 0.3 is 0 Å². The third-order valence-corrected chi connectivity index (χ3v) is 3.46. The Hall–Kier alpha value is -1.35. The van der Waals surface area contributed by atoms with E-state index in [4.69, 9.17) is 0 Å². The van der Waals surface area contributed by atoms with Gasteiger partial charge in [-0.2, -0.15) is 0 Å². The van der Waals surface area contributed by atoms with E-state index in [1.54, 1.807) is 0 Å². The van der Waals surface area contributed by atoms with Gasteiger partial charge in [0, 0.05) is 25.6 Å². The lowest BCUT2D eigenvalue weighted by atomic mass is 10.1. The quantitative estimate of drug-likeness (QED) is 0.706. The molecule has 0 aliphatic carbocycles. The van der Waals surface area contributed by atoms with Gasteiger partial charge in [-0.25, -0.2) is 0 Å². The van der Waals surface area contributed by atoms with Gasteiger partial charge in [-0.1, -0.05) is 50.6 Å². The second-order valence-electron chi connectivity index (χ2n) is 6.01. The number of nitrogens with one attached hydrogen (secondary N) is 1. The van der Waals surface area contributed by atoms with Crippen molar-refractivity contribution in [2.45, 2.75) is 59.5 Å². The molecule has 0 aliphatic rings. The standard InChI is InChI=1S/C18H30N2O/c1-5-13-20(14-17-10-8-16(4)9-11-17)18(21)7-6-12-19-15(2)3/h8-11,15,19H,5-7,12-14H2,1-4H3. The molecule has 0 fully saturated rings. The van der Waals surface area contributed by atoms with Crippen LogP contribution in [0.15, 0.2) is 24.3 Å². The maximum atomic E-state index is 12.3.